The number of hydrogen-bond donors (Lipinski definition) is 3. The summed E-state index contributed by atoms with van der Waals surface area (Å²) in [4.78, 5) is 11.9. The maximum absolute atomic E-state index is 13.1. The molecule has 0 fully saturated rings. The van der Waals surface area contributed by atoms with Crippen molar-refractivity contribution < 1.29 is 19.0 Å². The topological polar surface area (TPSA) is 70.6 Å². The predicted molar refractivity (Wildman–Crippen MR) is 95.3 cm³/mol. The number of ether oxygens (including phenoxy) is 1. The van der Waals surface area contributed by atoms with Gasteiger partial charge in [0.15, 0.2) is 0 Å². The SMILES string of the molecule is Cc1cc(F)ccc1NC(=O)NCC(O)c1cccc(OC(C)C)c1. The van der Waals surface area contributed by atoms with Crippen molar-refractivity contribution in [3.63, 3.8) is 0 Å². The van der Waals surface area contributed by atoms with E-state index in [2.05, 4.69) is 10.6 Å². The van der Waals surface area contributed by atoms with Crippen LogP contribution in [0.1, 0.15) is 31.1 Å². The predicted octanol–water partition coefficient (Wildman–Crippen LogP) is 3.78. The van der Waals surface area contributed by atoms with Crippen LogP contribution in [0.4, 0.5) is 14.9 Å². The number of benzene rings is 2. The molecule has 6 heteroatoms. The van der Waals surface area contributed by atoms with Gasteiger partial charge < -0.3 is 20.5 Å². The van der Waals surface area contributed by atoms with Crippen LogP contribution in [-0.4, -0.2) is 23.8 Å². The highest BCUT2D eigenvalue weighted by Gasteiger charge is 2.12. The average molecular weight is 346 g/mol. The molecule has 0 heterocycles. The lowest BCUT2D eigenvalue weighted by atomic mass is 10.1. The van der Waals surface area contributed by atoms with Crippen molar-refractivity contribution in [1.29, 1.82) is 0 Å². The van der Waals surface area contributed by atoms with Gasteiger partial charge >= 0.3 is 6.03 Å². The van der Waals surface area contributed by atoms with Crippen molar-refractivity contribution >= 4 is 11.7 Å². The second-order valence-electron chi connectivity index (χ2n) is 6.05. The summed E-state index contributed by atoms with van der Waals surface area (Å²) in [6.07, 6.45) is -0.828. The summed E-state index contributed by atoms with van der Waals surface area (Å²) < 4.78 is 18.7. The molecule has 2 aromatic rings. The number of aliphatic hydroxyl groups is 1. The Morgan fingerprint density at radius 3 is 2.68 bits per heavy atom. The molecule has 3 N–H and O–H groups in total. The maximum atomic E-state index is 13.1. The lowest BCUT2D eigenvalue weighted by Crippen LogP contribution is -2.32. The minimum atomic E-state index is -0.865. The third kappa shape index (κ3) is 5.76. The van der Waals surface area contributed by atoms with E-state index in [0.29, 0.717) is 22.6 Å². The van der Waals surface area contributed by atoms with E-state index in [1.807, 2.05) is 19.9 Å². The molecule has 25 heavy (non-hydrogen) atoms. The smallest absolute Gasteiger partial charge is 0.319 e. The van der Waals surface area contributed by atoms with Crippen molar-refractivity contribution in [3.05, 3.63) is 59.4 Å². The molecule has 0 spiro atoms. The molecule has 0 aliphatic heterocycles. The molecule has 0 radical (unpaired) electrons. The summed E-state index contributed by atoms with van der Waals surface area (Å²) in [7, 11) is 0. The van der Waals surface area contributed by atoms with Crippen molar-refractivity contribution in [2.75, 3.05) is 11.9 Å². The number of halogens is 1. The third-order valence-corrected chi connectivity index (χ3v) is 3.51. The summed E-state index contributed by atoms with van der Waals surface area (Å²) >= 11 is 0. The number of aliphatic hydroxyl groups excluding tert-OH is 1. The second-order valence-corrected chi connectivity index (χ2v) is 6.05. The van der Waals surface area contributed by atoms with E-state index in [-0.39, 0.29) is 18.5 Å². The number of amides is 2. The Labute approximate surface area is 146 Å². The van der Waals surface area contributed by atoms with Crippen LogP contribution in [0, 0.1) is 12.7 Å². The van der Waals surface area contributed by atoms with Gasteiger partial charge in [0, 0.05) is 12.2 Å². The van der Waals surface area contributed by atoms with Gasteiger partial charge in [0.1, 0.15) is 11.6 Å². The molecule has 1 atom stereocenters. The fourth-order valence-electron chi connectivity index (χ4n) is 2.31. The monoisotopic (exact) mass is 346 g/mol. The van der Waals surface area contributed by atoms with Gasteiger partial charge in [-0.3, -0.25) is 0 Å². The number of carbonyl (C=O) groups is 1. The van der Waals surface area contributed by atoms with Crippen LogP contribution in [0.15, 0.2) is 42.5 Å². The zero-order valence-electron chi connectivity index (χ0n) is 14.5. The zero-order chi connectivity index (χ0) is 18.4. The average Bonchev–Trinajstić information content (AvgIpc) is 2.55. The first-order valence-electron chi connectivity index (χ1n) is 8.11. The van der Waals surface area contributed by atoms with E-state index in [1.54, 1.807) is 25.1 Å². The molecule has 2 aromatic carbocycles. The number of urea groups is 1. The highest BCUT2D eigenvalue weighted by Crippen LogP contribution is 2.20. The minimum Gasteiger partial charge on any atom is -0.491 e. The molecular formula is C19H23FN2O3. The molecule has 0 saturated carbocycles. The molecule has 134 valence electrons. The van der Waals surface area contributed by atoms with Gasteiger partial charge in [-0.15, -0.1) is 0 Å². The second kappa shape index (κ2) is 8.48. The highest BCUT2D eigenvalue weighted by atomic mass is 19.1. The first-order valence-corrected chi connectivity index (χ1v) is 8.11. The van der Waals surface area contributed by atoms with E-state index in [0.717, 1.165) is 0 Å². The molecule has 5 nitrogen and oxygen atoms in total. The highest BCUT2D eigenvalue weighted by molar-refractivity contribution is 5.90. The summed E-state index contributed by atoms with van der Waals surface area (Å²) in [6, 6.07) is 10.8. The molecule has 2 amide bonds. The summed E-state index contributed by atoms with van der Waals surface area (Å²) in [5.74, 6) is 0.306. The number of nitrogens with one attached hydrogen (secondary N) is 2. The Morgan fingerprint density at radius 1 is 1.24 bits per heavy atom. The summed E-state index contributed by atoms with van der Waals surface area (Å²) in [5.41, 5.74) is 1.78. The third-order valence-electron chi connectivity index (χ3n) is 3.51. The van der Waals surface area contributed by atoms with Crippen LogP contribution in [0.2, 0.25) is 0 Å². The fourth-order valence-corrected chi connectivity index (χ4v) is 2.31. The van der Waals surface area contributed by atoms with E-state index in [1.165, 1.54) is 18.2 Å². The van der Waals surface area contributed by atoms with Crippen LogP contribution >= 0.6 is 0 Å². The van der Waals surface area contributed by atoms with E-state index < -0.39 is 12.1 Å². The Hall–Kier alpha value is -2.60. The van der Waals surface area contributed by atoms with Gasteiger partial charge in [-0.25, -0.2) is 9.18 Å². The minimum absolute atomic E-state index is 0.0373. The van der Waals surface area contributed by atoms with Crippen LogP contribution in [0.3, 0.4) is 0 Å². The van der Waals surface area contributed by atoms with Gasteiger partial charge in [0.25, 0.3) is 0 Å². The molecule has 0 aromatic heterocycles. The first-order chi connectivity index (χ1) is 11.8. The lowest BCUT2D eigenvalue weighted by molar-refractivity contribution is 0.174. The van der Waals surface area contributed by atoms with Crippen molar-refractivity contribution in [2.24, 2.45) is 0 Å². The van der Waals surface area contributed by atoms with Gasteiger partial charge in [-0.05, 0) is 62.2 Å². The van der Waals surface area contributed by atoms with Gasteiger partial charge in [0.2, 0.25) is 0 Å². The Kier molecular flexibility index (Phi) is 6.36. The zero-order valence-corrected chi connectivity index (χ0v) is 14.5. The summed E-state index contributed by atoms with van der Waals surface area (Å²) in [5, 5.41) is 15.5. The van der Waals surface area contributed by atoms with Crippen molar-refractivity contribution in [1.82, 2.24) is 5.32 Å². The maximum Gasteiger partial charge on any atom is 0.319 e. The number of carbonyl (C=O) groups excluding carboxylic acids is 1. The van der Waals surface area contributed by atoms with Crippen LogP contribution in [0.5, 0.6) is 5.75 Å². The Bertz CT molecular complexity index is 734. The first kappa shape index (κ1) is 18.7. The molecular weight excluding hydrogens is 323 g/mol. The van der Waals surface area contributed by atoms with Gasteiger partial charge in [-0.1, -0.05) is 12.1 Å². The van der Waals surface area contributed by atoms with E-state index >= 15 is 0 Å². The van der Waals surface area contributed by atoms with Gasteiger partial charge in [0.05, 0.1) is 12.2 Å². The number of hydrogen-bond acceptors (Lipinski definition) is 3. The van der Waals surface area contributed by atoms with Crippen LogP contribution < -0.4 is 15.4 Å². The molecule has 0 saturated heterocycles. The fraction of sp³-hybridized carbons (Fsp3) is 0.316. The summed E-state index contributed by atoms with van der Waals surface area (Å²) in [6.45, 7) is 5.59. The van der Waals surface area contributed by atoms with Crippen molar-refractivity contribution in [3.8, 4) is 5.75 Å². The Morgan fingerprint density at radius 2 is 2.00 bits per heavy atom. The molecule has 0 aliphatic carbocycles. The van der Waals surface area contributed by atoms with Gasteiger partial charge in [-0.2, -0.15) is 0 Å². The van der Waals surface area contributed by atoms with E-state index in [9.17, 15) is 14.3 Å². The standard InChI is InChI=1S/C19H23FN2O3/c1-12(2)25-16-6-4-5-14(10-16)18(23)11-21-19(24)22-17-8-7-15(20)9-13(17)3/h4-10,12,18,23H,11H2,1-3H3,(H2,21,22,24). The quantitative estimate of drug-likeness (QED) is 0.745. The molecule has 2 rings (SSSR count). The van der Waals surface area contributed by atoms with Crippen LogP contribution in [-0.2, 0) is 0 Å². The van der Waals surface area contributed by atoms with Crippen molar-refractivity contribution in [2.45, 2.75) is 33.0 Å². The molecule has 1 unspecified atom stereocenters. The van der Waals surface area contributed by atoms with Crippen LogP contribution in [0.25, 0.3) is 0 Å². The number of aryl methyl sites for hydroxylation is 1. The largest absolute Gasteiger partial charge is 0.491 e. The molecule has 0 bridgehead atoms. The number of rotatable bonds is 6. The van der Waals surface area contributed by atoms with E-state index in [4.69, 9.17) is 4.74 Å². The normalized spacial score (nSPS) is 11.9. The lowest BCUT2D eigenvalue weighted by Gasteiger charge is -2.16. The molecule has 0 aliphatic rings. The Balaban J connectivity index is 1.90. The number of anilines is 1.